The average molecular weight is 585 g/mol. The molecule has 0 amide bonds. The number of hydrogen-bond acceptors (Lipinski definition) is 0. The molecule has 0 aromatic heterocycles. The molecule has 0 fully saturated rings. The van der Waals surface area contributed by atoms with Crippen molar-refractivity contribution in [3.05, 3.63) is 175 Å². The SMILES string of the molecule is C1=Cc2ccc(-c3c4ccccc4c(-c4ccc(-c5cccc6ccccc56)cc4-c4ccccc4)c4ccccc34)cc2CC1. The number of aryl methyl sites for hydroxylation is 1. The first-order chi connectivity index (χ1) is 22.8. The van der Waals surface area contributed by atoms with Crippen LogP contribution in [0.3, 0.4) is 0 Å². The van der Waals surface area contributed by atoms with Gasteiger partial charge in [0.25, 0.3) is 0 Å². The summed E-state index contributed by atoms with van der Waals surface area (Å²) in [6, 6.07) is 58.3. The standard InChI is InChI=1S/C46H32/c1-2-14-33(15-3-1)44-30-35(38-24-12-18-32-16-6-7-19-37(32)38)27-28-43(44)46-41-22-10-8-20-39(41)45(40-21-9-11-23-42(40)46)36-26-25-31-13-4-5-17-34(31)29-36/h1-4,6-16,18-30H,5,17H2. The van der Waals surface area contributed by atoms with Crippen LogP contribution in [0.4, 0.5) is 0 Å². The van der Waals surface area contributed by atoms with Crippen molar-refractivity contribution in [1.29, 1.82) is 0 Å². The molecular formula is C46H32. The van der Waals surface area contributed by atoms with E-state index in [-0.39, 0.29) is 0 Å². The van der Waals surface area contributed by atoms with Crippen molar-refractivity contribution in [1.82, 2.24) is 0 Å². The Kier molecular flexibility index (Phi) is 6.39. The second-order valence-corrected chi connectivity index (χ2v) is 12.3. The topological polar surface area (TPSA) is 0 Å². The zero-order chi connectivity index (χ0) is 30.5. The largest absolute Gasteiger partial charge is 0.0836 e. The summed E-state index contributed by atoms with van der Waals surface area (Å²) in [6.45, 7) is 0. The predicted octanol–water partition coefficient (Wildman–Crippen LogP) is 12.8. The molecule has 8 aromatic rings. The van der Waals surface area contributed by atoms with E-state index >= 15 is 0 Å². The van der Waals surface area contributed by atoms with Gasteiger partial charge in [0, 0.05) is 0 Å². The van der Waals surface area contributed by atoms with E-state index in [9.17, 15) is 0 Å². The van der Waals surface area contributed by atoms with E-state index in [4.69, 9.17) is 0 Å². The van der Waals surface area contributed by atoms with Crippen LogP contribution < -0.4 is 0 Å². The molecule has 0 spiro atoms. The average Bonchev–Trinajstić information content (AvgIpc) is 3.13. The molecular weight excluding hydrogens is 553 g/mol. The summed E-state index contributed by atoms with van der Waals surface area (Å²) < 4.78 is 0. The van der Waals surface area contributed by atoms with Gasteiger partial charge in [0.15, 0.2) is 0 Å². The maximum atomic E-state index is 2.43. The molecule has 1 aliphatic rings. The predicted molar refractivity (Wildman–Crippen MR) is 198 cm³/mol. The lowest BCUT2D eigenvalue weighted by atomic mass is 9.82. The molecule has 0 saturated carbocycles. The number of rotatable bonds is 4. The molecule has 8 aromatic carbocycles. The Balaban J connectivity index is 1.35. The summed E-state index contributed by atoms with van der Waals surface area (Å²) in [5, 5.41) is 7.68. The molecule has 0 unspecified atom stereocenters. The molecule has 0 heterocycles. The lowest BCUT2D eigenvalue weighted by Gasteiger charge is -2.21. The van der Waals surface area contributed by atoms with E-state index in [1.165, 1.54) is 88.0 Å². The van der Waals surface area contributed by atoms with Gasteiger partial charge in [-0.25, -0.2) is 0 Å². The Morgan fingerprint density at radius 1 is 0.370 bits per heavy atom. The van der Waals surface area contributed by atoms with Crippen molar-refractivity contribution in [3.63, 3.8) is 0 Å². The van der Waals surface area contributed by atoms with Gasteiger partial charge >= 0.3 is 0 Å². The second-order valence-electron chi connectivity index (χ2n) is 12.3. The number of hydrogen-bond donors (Lipinski definition) is 0. The van der Waals surface area contributed by atoms with E-state index in [0.717, 1.165) is 12.8 Å². The van der Waals surface area contributed by atoms with Crippen LogP contribution in [0.15, 0.2) is 164 Å². The molecule has 1 aliphatic carbocycles. The van der Waals surface area contributed by atoms with Gasteiger partial charge in [-0.05, 0) is 107 Å². The quantitative estimate of drug-likeness (QED) is 0.181. The molecule has 0 N–H and O–H groups in total. The molecule has 216 valence electrons. The third-order valence-electron chi connectivity index (χ3n) is 9.72. The number of benzene rings is 8. The minimum atomic E-state index is 1.09. The highest BCUT2D eigenvalue weighted by Crippen LogP contribution is 2.47. The minimum Gasteiger partial charge on any atom is -0.0836 e. The van der Waals surface area contributed by atoms with Gasteiger partial charge in [0.1, 0.15) is 0 Å². The molecule has 0 bridgehead atoms. The molecule has 0 nitrogen and oxygen atoms in total. The Morgan fingerprint density at radius 3 is 1.76 bits per heavy atom. The number of fused-ring (bicyclic) bond motifs is 4. The van der Waals surface area contributed by atoms with Crippen molar-refractivity contribution in [2.24, 2.45) is 0 Å². The zero-order valence-electron chi connectivity index (χ0n) is 25.6. The minimum absolute atomic E-state index is 1.09. The lowest BCUT2D eigenvalue weighted by Crippen LogP contribution is -1.96. The Bertz CT molecular complexity index is 2400. The van der Waals surface area contributed by atoms with Gasteiger partial charge in [0.2, 0.25) is 0 Å². The molecule has 0 saturated heterocycles. The van der Waals surface area contributed by atoms with Crippen LogP contribution in [-0.2, 0) is 6.42 Å². The fraction of sp³-hybridized carbons (Fsp3) is 0.0435. The Labute approximate surface area is 269 Å². The fourth-order valence-electron chi connectivity index (χ4n) is 7.58. The molecule has 0 atom stereocenters. The molecule has 0 radical (unpaired) electrons. The highest BCUT2D eigenvalue weighted by Gasteiger charge is 2.20. The van der Waals surface area contributed by atoms with Crippen molar-refractivity contribution >= 4 is 38.4 Å². The third-order valence-corrected chi connectivity index (χ3v) is 9.72. The Morgan fingerprint density at radius 2 is 1.00 bits per heavy atom. The summed E-state index contributed by atoms with van der Waals surface area (Å²) in [7, 11) is 0. The van der Waals surface area contributed by atoms with Crippen LogP contribution in [0, 0.1) is 0 Å². The van der Waals surface area contributed by atoms with Gasteiger partial charge < -0.3 is 0 Å². The van der Waals surface area contributed by atoms with Crippen LogP contribution in [0.2, 0.25) is 0 Å². The van der Waals surface area contributed by atoms with Gasteiger partial charge in [-0.15, -0.1) is 0 Å². The van der Waals surface area contributed by atoms with E-state index in [1.807, 2.05) is 0 Å². The second kappa shape index (κ2) is 11.0. The van der Waals surface area contributed by atoms with Crippen molar-refractivity contribution in [3.8, 4) is 44.5 Å². The summed E-state index contributed by atoms with van der Waals surface area (Å²) in [5.74, 6) is 0. The smallest absolute Gasteiger partial charge is 0.00201 e. The Hall–Kier alpha value is -5.72. The summed E-state index contributed by atoms with van der Waals surface area (Å²) in [4.78, 5) is 0. The van der Waals surface area contributed by atoms with Gasteiger partial charge in [0.05, 0.1) is 0 Å². The first kappa shape index (κ1) is 26.7. The first-order valence-corrected chi connectivity index (χ1v) is 16.2. The van der Waals surface area contributed by atoms with Gasteiger partial charge in [-0.2, -0.15) is 0 Å². The summed E-state index contributed by atoms with van der Waals surface area (Å²) >= 11 is 0. The van der Waals surface area contributed by atoms with Crippen molar-refractivity contribution < 1.29 is 0 Å². The third kappa shape index (κ3) is 4.37. The lowest BCUT2D eigenvalue weighted by molar-refractivity contribution is 0.986. The van der Waals surface area contributed by atoms with Gasteiger partial charge in [-0.1, -0.05) is 164 Å². The number of allylic oxidation sites excluding steroid dienone is 1. The molecule has 46 heavy (non-hydrogen) atoms. The molecule has 0 heteroatoms. The van der Waals surface area contributed by atoms with Crippen LogP contribution in [0.5, 0.6) is 0 Å². The van der Waals surface area contributed by atoms with E-state index in [0.29, 0.717) is 0 Å². The van der Waals surface area contributed by atoms with Crippen molar-refractivity contribution in [2.45, 2.75) is 12.8 Å². The summed E-state index contributed by atoms with van der Waals surface area (Å²) in [6.07, 6.45) is 6.76. The van der Waals surface area contributed by atoms with Crippen LogP contribution in [0.25, 0.3) is 82.9 Å². The monoisotopic (exact) mass is 584 g/mol. The van der Waals surface area contributed by atoms with Gasteiger partial charge in [-0.3, -0.25) is 0 Å². The zero-order valence-corrected chi connectivity index (χ0v) is 25.6. The van der Waals surface area contributed by atoms with E-state index in [2.05, 4.69) is 170 Å². The van der Waals surface area contributed by atoms with E-state index in [1.54, 1.807) is 0 Å². The normalized spacial score (nSPS) is 12.5. The summed E-state index contributed by atoms with van der Waals surface area (Å²) in [5.41, 5.74) is 12.9. The fourth-order valence-corrected chi connectivity index (χ4v) is 7.58. The first-order valence-electron chi connectivity index (χ1n) is 16.2. The molecule has 0 aliphatic heterocycles. The van der Waals surface area contributed by atoms with E-state index < -0.39 is 0 Å². The van der Waals surface area contributed by atoms with Crippen LogP contribution in [-0.4, -0.2) is 0 Å². The highest BCUT2D eigenvalue weighted by atomic mass is 14.2. The van der Waals surface area contributed by atoms with Crippen LogP contribution in [0.1, 0.15) is 17.5 Å². The van der Waals surface area contributed by atoms with Crippen molar-refractivity contribution in [2.75, 3.05) is 0 Å². The van der Waals surface area contributed by atoms with Crippen LogP contribution >= 0.6 is 0 Å². The molecule has 9 rings (SSSR count). The maximum absolute atomic E-state index is 2.43. The highest BCUT2D eigenvalue weighted by molar-refractivity contribution is 6.22. The maximum Gasteiger partial charge on any atom is -0.00201 e.